The molecule has 4 heterocycles. The fourth-order valence-corrected chi connectivity index (χ4v) is 6.74. The maximum absolute atomic E-state index is 13.3. The van der Waals surface area contributed by atoms with Crippen molar-refractivity contribution in [3.05, 3.63) is 34.0 Å². The van der Waals surface area contributed by atoms with E-state index in [0.717, 1.165) is 29.1 Å². The van der Waals surface area contributed by atoms with Gasteiger partial charge in [0.2, 0.25) is 12.5 Å². The third kappa shape index (κ3) is 9.52. The Balaban J connectivity index is 0.000000727. The summed E-state index contributed by atoms with van der Waals surface area (Å²) in [6.45, 7) is 5.81. The lowest BCUT2D eigenvalue weighted by Crippen LogP contribution is -2.71. The number of carbonyl (C=O) groups is 6. The van der Waals surface area contributed by atoms with Crippen LogP contribution in [0.4, 0.5) is 18.3 Å². The van der Waals surface area contributed by atoms with Gasteiger partial charge in [-0.25, -0.2) is 19.4 Å². The number of rotatable bonds is 10. The van der Waals surface area contributed by atoms with Crippen molar-refractivity contribution in [3.8, 4) is 0 Å². The van der Waals surface area contributed by atoms with E-state index in [4.69, 9.17) is 25.2 Å². The molecule has 1 saturated carbocycles. The molecule has 3 aliphatic heterocycles. The van der Waals surface area contributed by atoms with E-state index in [1.807, 2.05) is 0 Å². The van der Waals surface area contributed by atoms with Crippen LogP contribution in [0, 0.1) is 5.92 Å². The normalized spacial score (nSPS) is 21.6. The average molecular weight is 747 g/mol. The van der Waals surface area contributed by atoms with E-state index in [1.165, 1.54) is 17.1 Å². The van der Waals surface area contributed by atoms with Crippen LogP contribution in [-0.2, 0) is 38.3 Å². The number of anilines is 1. The molecule has 5 N–H and O–H groups in total. The van der Waals surface area contributed by atoms with Crippen molar-refractivity contribution in [3.63, 3.8) is 0 Å². The third-order valence-corrected chi connectivity index (χ3v) is 9.18. The van der Waals surface area contributed by atoms with Crippen LogP contribution >= 0.6 is 23.1 Å². The third-order valence-electron chi connectivity index (χ3n) is 7.20. The molecule has 0 radical (unpaired) electrons. The van der Waals surface area contributed by atoms with Gasteiger partial charge in [-0.3, -0.25) is 19.3 Å². The summed E-state index contributed by atoms with van der Waals surface area (Å²) in [6.07, 6.45) is -0.731. The number of nitrogens with one attached hydrogen (secondary N) is 1. The predicted octanol–water partition coefficient (Wildman–Crippen LogP) is 1.73. The first-order valence-electron chi connectivity index (χ1n) is 14.9. The molecule has 2 atom stereocenters. The Morgan fingerprint density at radius 2 is 1.84 bits per heavy atom. The second-order valence-electron chi connectivity index (χ2n) is 12.3. The number of ether oxygens (including phenoxy) is 1. The highest BCUT2D eigenvalue weighted by atomic mass is 32.2. The summed E-state index contributed by atoms with van der Waals surface area (Å²) in [5.74, 6) is -5.54. The molecule has 272 valence electrons. The number of nitrogens with two attached hydrogens (primary N) is 1. The maximum Gasteiger partial charge on any atom is 0.490 e. The molecule has 1 aromatic heterocycles. The number of alkyl halides is 3. The first kappa shape index (κ1) is 38.1. The molecule has 3 fully saturated rings. The number of amides is 3. The van der Waals surface area contributed by atoms with Gasteiger partial charge in [-0.15, -0.1) is 23.1 Å². The van der Waals surface area contributed by atoms with Crippen molar-refractivity contribution in [2.75, 3.05) is 31.2 Å². The summed E-state index contributed by atoms with van der Waals surface area (Å²) < 4.78 is 36.9. The molecule has 16 nitrogen and oxygen atoms in total. The van der Waals surface area contributed by atoms with Crippen molar-refractivity contribution < 1.29 is 61.7 Å². The molecule has 50 heavy (non-hydrogen) atoms. The molecule has 1 aromatic rings. The smallest absolute Gasteiger partial charge is 0.477 e. The van der Waals surface area contributed by atoms with E-state index in [2.05, 4.69) is 15.5 Å². The van der Waals surface area contributed by atoms with E-state index >= 15 is 0 Å². The lowest BCUT2D eigenvalue weighted by Gasteiger charge is -2.49. The highest BCUT2D eigenvalue weighted by Gasteiger charge is 2.54. The Hall–Kier alpha value is -4.66. The summed E-state index contributed by atoms with van der Waals surface area (Å²) in [5.41, 5.74) is 5.42. The number of carboxylic acid groups (broad SMARTS) is 2. The number of thioether (sulfide) groups is 1. The number of fused-ring (bicyclic) bond motifs is 1. The molecular formula is C29H33F3N6O10S2. The summed E-state index contributed by atoms with van der Waals surface area (Å²) in [5, 5.41) is 24.4. The molecule has 0 unspecified atom stereocenters. The van der Waals surface area contributed by atoms with Gasteiger partial charge in [0.05, 0.1) is 0 Å². The maximum atomic E-state index is 13.3. The van der Waals surface area contributed by atoms with Crippen LogP contribution in [0.25, 0.3) is 0 Å². The number of carbonyl (C=O) groups excluding carboxylic acids is 4. The van der Waals surface area contributed by atoms with E-state index in [1.54, 1.807) is 31.7 Å². The zero-order valence-corrected chi connectivity index (χ0v) is 28.4. The number of aliphatic carboxylic acids is 2. The van der Waals surface area contributed by atoms with Crippen LogP contribution in [-0.4, -0.2) is 115 Å². The topological polar surface area (TPSA) is 231 Å². The quantitative estimate of drug-likeness (QED) is 0.0880. The summed E-state index contributed by atoms with van der Waals surface area (Å²) in [7, 11) is 0. The van der Waals surface area contributed by atoms with Gasteiger partial charge < -0.3 is 35.7 Å². The lowest BCUT2D eigenvalue weighted by molar-refractivity contribution is -0.192. The second kappa shape index (κ2) is 15.1. The first-order valence-corrected chi connectivity index (χ1v) is 16.8. The van der Waals surface area contributed by atoms with Crippen molar-refractivity contribution in [2.24, 2.45) is 11.1 Å². The Morgan fingerprint density at radius 3 is 2.38 bits per heavy atom. The van der Waals surface area contributed by atoms with Crippen LogP contribution in [0.1, 0.15) is 45.7 Å². The summed E-state index contributed by atoms with van der Waals surface area (Å²) >= 11 is 2.33. The number of aromatic nitrogens is 1. The van der Waals surface area contributed by atoms with E-state index in [0.29, 0.717) is 36.6 Å². The molecule has 4 aliphatic rings. The molecule has 2 saturated heterocycles. The van der Waals surface area contributed by atoms with Crippen molar-refractivity contribution in [1.82, 2.24) is 20.1 Å². The number of allylic oxidation sites excluding steroid dienone is 1. The van der Waals surface area contributed by atoms with Gasteiger partial charge in [0.1, 0.15) is 28.4 Å². The Bertz CT molecular complexity index is 1660. The lowest BCUT2D eigenvalue weighted by atomic mass is 10.0. The Kier molecular flexibility index (Phi) is 11.5. The number of nitrogens with zero attached hydrogens (tertiary/aromatic N) is 4. The average Bonchev–Trinajstić information content (AvgIpc) is 3.63. The van der Waals surface area contributed by atoms with Crippen molar-refractivity contribution in [2.45, 2.75) is 63.2 Å². The number of thiazole rings is 1. The number of β-lactam (4-membered cyclic amide) rings is 1. The zero-order chi connectivity index (χ0) is 37.1. The highest BCUT2D eigenvalue weighted by molar-refractivity contribution is 8.00. The molecule has 3 amide bonds. The minimum Gasteiger partial charge on any atom is -0.477 e. The van der Waals surface area contributed by atoms with Gasteiger partial charge in [0.25, 0.3) is 11.8 Å². The van der Waals surface area contributed by atoms with Gasteiger partial charge >= 0.3 is 24.1 Å². The number of oxime groups is 1. The number of nitrogen functional groups attached to an aromatic ring is 1. The van der Waals surface area contributed by atoms with Gasteiger partial charge in [-0.05, 0) is 57.6 Å². The Labute approximate surface area is 290 Å². The first-order chi connectivity index (χ1) is 23.3. The van der Waals surface area contributed by atoms with E-state index < -0.39 is 59.5 Å². The molecule has 0 spiro atoms. The van der Waals surface area contributed by atoms with Crippen LogP contribution in [0.3, 0.4) is 0 Å². The number of likely N-dealkylation sites (tertiary alicyclic amines) is 1. The Morgan fingerprint density at radius 1 is 1.18 bits per heavy atom. The monoisotopic (exact) mass is 746 g/mol. The number of hydrogen-bond donors (Lipinski definition) is 4. The molecule has 5 rings (SSSR count). The van der Waals surface area contributed by atoms with Crippen LogP contribution in [0.15, 0.2) is 33.5 Å². The number of hydrogen-bond acceptors (Lipinski definition) is 13. The van der Waals surface area contributed by atoms with Gasteiger partial charge in [0, 0.05) is 29.8 Å². The molecule has 21 heteroatoms. The number of halogens is 3. The predicted molar refractivity (Wildman–Crippen MR) is 170 cm³/mol. The molecule has 0 aromatic carbocycles. The summed E-state index contributed by atoms with van der Waals surface area (Å²) in [6, 6.07) is -1.06. The molecule has 0 bridgehead atoms. The van der Waals surface area contributed by atoms with Crippen LogP contribution in [0.2, 0.25) is 0 Å². The van der Waals surface area contributed by atoms with Crippen molar-refractivity contribution in [1.29, 1.82) is 0 Å². The molecular weight excluding hydrogens is 713 g/mol. The minimum absolute atomic E-state index is 0.0705. The largest absolute Gasteiger partial charge is 0.490 e. The minimum atomic E-state index is -5.08. The fraction of sp³-hybridized carbons (Fsp3) is 0.517. The zero-order valence-electron chi connectivity index (χ0n) is 26.8. The van der Waals surface area contributed by atoms with Gasteiger partial charge in [0.15, 0.2) is 10.8 Å². The van der Waals surface area contributed by atoms with Gasteiger partial charge in [-0.2, -0.15) is 13.2 Å². The van der Waals surface area contributed by atoms with E-state index in [-0.39, 0.29) is 33.9 Å². The van der Waals surface area contributed by atoms with Gasteiger partial charge in [-0.1, -0.05) is 5.16 Å². The SMILES string of the molecule is CC(C)(C)OC(=O)CO/N=C(\C(=O)N[C@@H]1C(=O)N2C(C(=O)O)=C(/C=C3\CCN(CC4CC4)C3=O)CS[C@H]12)c1csc(N)n1.O=C(O)C(F)(F)F. The second-order valence-corrected chi connectivity index (χ2v) is 14.3. The fourth-order valence-electron chi connectivity index (χ4n) is 4.88. The van der Waals surface area contributed by atoms with Crippen molar-refractivity contribution >= 4 is 69.6 Å². The molecule has 1 aliphatic carbocycles. The highest BCUT2D eigenvalue weighted by Crippen LogP contribution is 2.41. The number of esters is 1. The number of carboxylic acids is 2. The van der Waals surface area contributed by atoms with E-state index in [9.17, 15) is 42.3 Å². The van der Waals surface area contributed by atoms with Crippen LogP contribution < -0.4 is 11.1 Å². The van der Waals surface area contributed by atoms with Crippen LogP contribution in [0.5, 0.6) is 0 Å². The summed E-state index contributed by atoms with van der Waals surface area (Å²) in [4.78, 5) is 84.6. The standard InChI is InChI=1S/C27H32N6O8S2.C2HF3O2/c1-27(2,3)41-17(34)10-40-31-18(16-12-43-26(28)29-16)21(35)30-19-23(37)33-20(25(38)39)15(11-42-24(19)33)8-14-6-7-32(22(14)36)9-13-4-5-13;3-2(4,5)1(6)7/h8,12-13,19,24H,4-7,9-11H2,1-3H3,(H2,28,29)(H,30,35)(H,38,39);(H,6,7)/b14-8+,31-18-;/t19-,24-;/m1./s1.